The van der Waals surface area contributed by atoms with Gasteiger partial charge in [-0.2, -0.15) is 0 Å². The zero-order chi connectivity index (χ0) is 9.28. The van der Waals surface area contributed by atoms with Crippen LogP contribution < -0.4 is 0 Å². The van der Waals surface area contributed by atoms with E-state index >= 15 is 0 Å². The van der Waals surface area contributed by atoms with Gasteiger partial charge >= 0.3 is 5.97 Å². The van der Waals surface area contributed by atoms with Crippen LogP contribution in [0.3, 0.4) is 0 Å². The third-order valence-corrected chi connectivity index (χ3v) is 2.13. The maximum atomic E-state index is 10.5. The van der Waals surface area contributed by atoms with E-state index in [4.69, 9.17) is 10.2 Å². The second-order valence-corrected chi connectivity index (χ2v) is 3.42. The number of carbonyl (C=O) groups is 1. The molecule has 1 atom stereocenters. The van der Waals surface area contributed by atoms with Gasteiger partial charge < -0.3 is 15.3 Å². The molecule has 0 saturated heterocycles. The molecule has 0 bridgehead atoms. The molecule has 0 heterocycles. The van der Waals surface area contributed by atoms with E-state index in [2.05, 4.69) is 0 Å². The van der Waals surface area contributed by atoms with E-state index in [0.717, 1.165) is 0 Å². The molecule has 0 aliphatic rings. The van der Waals surface area contributed by atoms with Crippen molar-refractivity contribution in [2.45, 2.75) is 26.4 Å². The number of hydrogen-bond donors (Lipinski definition) is 3. The van der Waals surface area contributed by atoms with Gasteiger partial charge in [0.25, 0.3) is 0 Å². The van der Waals surface area contributed by atoms with Crippen LogP contribution in [-0.2, 0) is 4.79 Å². The highest BCUT2D eigenvalue weighted by atomic mass is 16.4. The van der Waals surface area contributed by atoms with E-state index in [1.165, 1.54) is 20.8 Å². The predicted octanol–water partition coefficient (Wildman–Crippen LogP) is -0.160. The third kappa shape index (κ3) is 1.70. The molecule has 4 nitrogen and oxygen atoms in total. The second kappa shape index (κ2) is 2.79. The first-order chi connectivity index (χ1) is 4.75. The van der Waals surface area contributed by atoms with Crippen molar-refractivity contribution >= 4 is 5.97 Å². The van der Waals surface area contributed by atoms with E-state index < -0.39 is 17.0 Å². The van der Waals surface area contributed by atoms with Gasteiger partial charge in [-0.1, -0.05) is 13.8 Å². The van der Waals surface area contributed by atoms with Gasteiger partial charge in [0.05, 0.1) is 6.61 Å². The van der Waals surface area contributed by atoms with Gasteiger partial charge in [0.1, 0.15) is 0 Å². The van der Waals surface area contributed by atoms with Crippen molar-refractivity contribution in [2.24, 2.45) is 5.41 Å². The Labute approximate surface area is 65.5 Å². The van der Waals surface area contributed by atoms with Crippen LogP contribution in [0.15, 0.2) is 0 Å². The van der Waals surface area contributed by atoms with Crippen molar-refractivity contribution in [3.63, 3.8) is 0 Å². The summed E-state index contributed by atoms with van der Waals surface area (Å²) in [5.41, 5.74) is -2.92. The van der Waals surface area contributed by atoms with Crippen LogP contribution in [-0.4, -0.2) is 33.5 Å². The molecule has 1 unspecified atom stereocenters. The van der Waals surface area contributed by atoms with Crippen molar-refractivity contribution in [1.29, 1.82) is 0 Å². The average Bonchev–Trinajstić information content (AvgIpc) is 1.87. The van der Waals surface area contributed by atoms with E-state index in [-0.39, 0.29) is 6.61 Å². The lowest BCUT2D eigenvalue weighted by Crippen LogP contribution is -2.50. The number of carboxylic acids is 1. The fourth-order valence-corrected chi connectivity index (χ4v) is 0.443. The fraction of sp³-hybridized carbons (Fsp3) is 0.857. The number of aliphatic carboxylic acids is 1. The van der Waals surface area contributed by atoms with Gasteiger partial charge in [0.2, 0.25) is 0 Å². The largest absolute Gasteiger partial charge is 0.479 e. The summed E-state index contributed by atoms with van der Waals surface area (Å²) >= 11 is 0. The molecule has 0 amide bonds. The molecule has 66 valence electrons. The molecular formula is C7H14O4. The summed E-state index contributed by atoms with van der Waals surface area (Å²) in [5.74, 6) is -1.32. The lowest BCUT2D eigenvalue weighted by atomic mass is 9.77. The molecule has 0 spiro atoms. The topological polar surface area (TPSA) is 77.8 Å². The normalized spacial score (nSPS) is 17.5. The first-order valence-electron chi connectivity index (χ1n) is 3.32. The number of rotatable bonds is 3. The zero-order valence-corrected chi connectivity index (χ0v) is 6.96. The average molecular weight is 162 g/mol. The summed E-state index contributed by atoms with van der Waals surface area (Å²) < 4.78 is 0. The van der Waals surface area contributed by atoms with Crippen molar-refractivity contribution in [2.75, 3.05) is 6.61 Å². The lowest BCUT2D eigenvalue weighted by Gasteiger charge is -2.34. The SMILES string of the molecule is CC(C)(CO)C(C)(O)C(=O)O. The van der Waals surface area contributed by atoms with Gasteiger partial charge in [-0.25, -0.2) is 4.79 Å². The Bertz CT molecular complexity index is 160. The number of hydrogen-bond acceptors (Lipinski definition) is 3. The Morgan fingerprint density at radius 2 is 1.73 bits per heavy atom. The van der Waals surface area contributed by atoms with Gasteiger partial charge in [-0.15, -0.1) is 0 Å². The highest BCUT2D eigenvalue weighted by molar-refractivity contribution is 5.77. The Morgan fingerprint density at radius 3 is 1.82 bits per heavy atom. The Balaban J connectivity index is 4.67. The Kier molecular flexibility index (Phi) is 2.64. The summed E-state index contributed by atoms with van der Waals surface area (Å²) in [6, 6.07) is 0. The monoisotopic (exact) mass is 162 g/mol. The van der Waals surface area contributed by atoms with Gasteiger partial charge in [-0.05, 0) is 6.92 Å². The first kappa shape index (κ1) is 10.4. The van der Waals surface area contributed by atoms with Gasteiger partial charge in [-0.3, -0.25) is 0 Å². The minimum atomic E-state index is -1.89. The molecule has 0 aliphatic heterocycles. The van der Waals surface area contributed by atoms with E-state index in [1.54, 1.807) is 0 Å². The molecule has 0 radical (unpaired) electrons. The van der Waals surface area contributed by atoms with Crippen molar-refractivity contribution < 1.29 is 20.1 Å². The quantitative estimate of drug-likeness (QED) is 0.539. The Morgan fingerprint density at radius 1 is 1.36 bits per heavy atom. The van der Waals surface area contributed by atoms with E-state index in [0.29, 0.717) is 0 Å². The molecular weight excluding hydrogens is 148 g/mol. The molecule has 0 aromatic heterocycles. The van der Waals surface area contributed by atoms with Crippen LogP contribution in [0.4, 0.5) is 0 Å². The summed E-state index contributed by atoms with van der Waals surface area (Å²) in [5, 5.41) is 26.7. The summed E-state index contributed by atoms with van der Waals surface area (Å²) in [6.07, 6.45) is 0. The first-order valence-corrected chi connectivity index (χ1v) is 3.32. The molecule has 0 saturated carbocycles. The molecule has 3 N–H and O–H groups in total. The molecule has 4 heteroatoms. The smallest absolute Gasteiger partial charge is 0.336 e. The number of aliphatic hydroxyl groups excluding tert-OH is 1. The molecule has 0 aliphatic carbocycles. The van der Waals surface area contributed by atoms with Crippen LogP contribution >= 0.6 is 0 Å². The van der Waals surface area contributed by atoms with E-state index in [9.17, 15) is 9.90 Å². The summed E-state index contributed by atoms with van der Waals surface area (Å²) in [7, 11) is 0. The van der Waals surface area contributed by atoms with Gasteiger partial charge in [0, 0.05) is 5.41 Å². The number of aliphatic hydroxyl groups is 2. The molecule has 0 fully saturated rings. The van der Waals surface area contributed by atoms with Crippen molar-refractivity contribution in [1.82, 2.24) is 0 Å². The minimum absolute atomic E-state index is 0.369. The predicted molar refractivity (Wildman–Crippen MR) is 39.1 cm³/mol. The highest BCUT2D eigenvalue weighted by Gasteiger charge is 2.45. The maximum absolute atomic E-state index is 10.5. The van der Waals surface area contributed by atoms with Crippen LogP contribution in [0.25, 0.3) is 0 Å². The van der Waals surface area contributed by atoms with Crippen molar-refractivity contribution in [3.05, 3.63) is 0 Å². The van der Waals surface area contributed by atoms with Crippen LogP contribution in [0.2, 0.25) is 0 Å². The summed E-state index contributed by atoms with van der Waals surface area (Å²) in [6.45, 7) is 3.78. The fourth-order valence-electron chi connectivity index (χ4n) is 0.443. The third-order valence-electron chi connectivity index (χ3n) is 2.13. The zero-order valence-electron chi connectivity index (χ0n) is 6.96. The van der Waals surface area contributed by atoms with Crippen molar-refractivity contribution in [3.8, 4) is 0 Å². The van der Waals surface area contributed by atoms with Crippen LogP contribution in [0.5, 0.6) is 0 Å². The molecule has 0 rings (SSSR count). The molecule has 0 aromatic rings. The Hall–Kier alpha value is -0.610. The molecule has 0 aromatic carbocycles. The lowest BCUT2D eigenvalue weighted by molar-refractivity contribution is -0.172. The second-order valence-electron chi connectivity index (χ2n) is 3.42. The maximum Gasteiger partial charge on any atom is 0.336 e. The van der Waals surface area contributed by atoms with Crippen LogP contribution in [0.1, 0.15) is 20.8 Å². The standard InChI is InChI=1S/C7H14O4/c1-6(2,4-8)7(3,11)5(9)10/h8,11H,4H2,1-3H3,(H,9,10). The highest BCUT2D eigenvalue weighted by Crippen LogP contribution is 2.29. The molecule has 11 heavy (non-hydrogen) atoms. The van der Waals surface area contributed by atoms with Gasteiger partial charge in [0.15, 0.2) is 5.60 Å². The van der Waals surface area contributed by atoms with E-state index in [1.807, 2.05) is 0 Å². The summed E-state index contributed by atoms with van der Waals surface area (Å²) in [4.78, 5) is 10.5. The minimum Gasteiger partial charge on any atom is -0.479 e. The number of carboxylic acid groups (broad SMARTS) is 1. The van der Waals surface area contributed by atoms with Crippen LogP contribution in [0, 0.1) is 5.41 Å².